The summed E-state index contributed by atoms with van der Waals surface area (Å²) in [4.78, 5) is 25.9. The van der Waals surface area contributed by atoms with Crippen LogP contribution in [-0.2, 0) is 11.2 Å². The van der Waals surface area contributed by atoms with E-state index in [0.717, 1.165) is 22.5 Å². The summed E-state index contributed by atoms with van der Waals surface area (Å²) in [6.45, 7) is 2.13. The summed E-state index contributed by atoms with van der Waals surface area (Å²) in [5.74, 6) is 1.83. The van der Waals surface area contributed by atoms with Crippen molar-refractivity contribution in [2.45, 2.75) is 13.3 Å². The summed E-state index contributed by atoms with van der Waals surface area (Å²) in [7, 11) is 0. The molecule has 0 aliphatic rings. The first kappa shape index (κ1) is 14.4. The second-order valence-electron chi connectivity index (χ2n) is 4.60. The third kappa shape index (κ3) is 3.20. The molecule has 0 fully saturated rings. The molecule has 0 saturated carbocycles. The number of pyridine rings is 1. The lowest BCUT2D eigenvalue weighted by Gasteiger charge is -2.08. The number of nitrogens with zero attached hydrogens (tertiary/aromatic N) is 3. The monoisotopic (exact) mass is 313 g/mol. The van der Waals surface area contributed by atoms with Gasteiger partial charge >= 0.3 is 0 Å². The van der Waals surface area contributed by atoms with Gasteiger partial charge in [0.1, 0.15) is 22.3 Å². The number of aromatic nitrogens is 3. The molecule has 22 heavy (non-hydrogen) atoms. The Balaban J connectivity index is 1.71. The van der Waals surface area contributed by atoms with E-state index in [-0.39, 0.29) is 12.5 Å². The highest BCUT2D eigenvalue weighted by Gasteiger charge is 2.09. The molecule has 0 spiro atoms. The van der Waals surface area contributed by atoms with Gasteiger partial charge in [0.05, 0.1) is 11.9 Å². The first-order valence-electron chi connectivity index (χ1n) is 6.95. The summed E-state index contributed by atoms with van der Waals surface area (Å²) in [6.07, 6.45) is 2.39. The lowest BCUT2D eigenvalue weighted by Crippen LogP contribution is -2.22. The predicted octanol–water partition coefficient (Wildman–Crippen LogP) is 2.70. The maximum absolute atomic E-state index is 12.0. The number of amides is 1. The molecule has 3 aromatic heterocycles. The van der Waals surface area contributed by atoms with Crippen LogP contribution in [0.4, 0.5) is 11.6 Å². The van der Waals surface area contributed by atoms with Gasteiger partial charge in [-0.1, -0.05) is 13.0 Å². The van der Waals surface area contributed by atoms with Crippen LogP contribution in [0, 0.1) is 0 Å². The Hall–Kier alpha value is -2.54. The summed E-state index contributed by atoms with van der Waals surface area (Å²) in [5, 5.41) is 8.72. The van der Waals surface area contributed by atoms with Gasteiger partial charge in [0.2, 0.25) is 5.91 Å². The van der Waals surface area contributed by atoms with Crippen LogP contribution in [0.2, 0.25) is 0 Å². The number of aryl methyl sites for hydroxylation is 1. The Morgan fingerprint density at radius 1 is 1.27 bits per heavy atom. The normalized spacial score (nSPS) is 10.6. The highest BCUT2D eigenvalue weighted by atomic mass is 32.1. The molecule has 0 saturated heterocycles. The molecule has 3 aromatic rings. The molecule has 0 aliphatic heterocycles. The van der Waals surface area contributed by atoms with Crippen LogP contribution < -0.4 is 10.6 Å². The van der Waals surface area contributed by atoms with Crippen molar-refractivity contribution in [3.63, 3.8) is 0 Å². The van der Waals surface area contributed by atoms with Crippen LogP contribution in [0.5, 0.6) is 0 Å². The van der Waals surface area contributed by atoms with Crippen molar-refractivity contribution < 1.29 is 4.79 Å². The van der Waals surface area contributed by atoms with Crippen molar-refractivity contribution in [1.82, 2.24) is 15.0 Å². The van der Waals surface area contributed by atoms with E-state index in [9.17, 15) is 4.79 Å². The predicted molar refractivity (Wildman–Crippen MR) is 88.1 cm³/mol. The van der Waals surface area contributed by atoms with Gasteiger partial charge in [0.25, 0.3) is 0 Å². The highest BCUT2D eigenvalue weighted by Crippen LogP contribution is 2.25. The summed E-state index contributed by atoms with van der Waals surface area (Å²) in [5.41, 5.74) is 0. The molecule has 3 rings (SSSR count). The van der Waals surface area contributed by atoms with Crippen molar-refractivity contribution in [2.24, 2.45) is 0 Å². The number of fused-ring (bicyclic) bond motifs is 1. The minimum Gasteiger partial charge on any atom is -0.360 e. The zero-order valence-electron chi connectivity index (χ0n) is 12.0. The molecule has 0 radical (unpaired) electrons. The molecular formula is C15H15N5OS. The summed E-state index contributed by atoms with van der Waals surface area (Å²) in [6, 6.07) is 7.32. The Bertz CT molecular complexity index is 787. The SMILES string of the molecule is CCc1nc(NCC(=O)Nc2ccccn2)c2ccsc2n1. The number of carbonyl (C=O) groups excluding carboxylic acids is 1. The van der Waals surface area contributed by atoms with Crippen LogP contribution in [0.3, 0.4) is 0 Å². The fourth-order valence-corrected chi connectivity index (χ4v) is 2.76. The quantitative estimate of drug-likeness (QED) is 0.757. The van der Waals surface area contributed by atoms with Crippen molar-refractivity contribution in [1.29, 1.82) is 0 Å². The van der Waals surface area contributed by atoms with E-state index < -0.39 is 0 Å². The second kappa shape index (κ2) is 6.48. The third-order valence-electron chi connectivity index (χ3n) is 3.04. The largest absolute Gasteiger partial charge is 0.360 e. The fourth-order valence-electron chi connectivity index (χ4n) is 1.98. The minimum atomic E-state index is -0.168. The van der Waals surface area contributed by atoms with Gasteiger partial charge in [-0.2, -0.15) is 0 Å². The number of rotatable bonds is 5. The molecule has 1 amide bonds. The fraction of sp³-hybridized carbons (Fsp3) is 0.200. The van der Waals surface area contributed by atoms with E-state index in [4.69, 9.17) is 0 Å². The van der Waals surface area contributed by atoms with Crippen LogP contribution in [0.15, 0.2) is 35.8 Å². The number of carbonyl (C=O) groups is 1. The van der Waals surface area contributed by atoms with Gasteiger partial charge in [-0.15, -0.1) is 11.3 Å². The van der Waals surface area contributed by atoms with E-state index in [1.807, 2.05) is 24.4 Å². The van der Waals surface area contributed by atoms with Gasteiger partial charge in [-0.25, -0.2) is 15.0 Å². The first-order chi connectivity index (χ1) is 10.8. The molecule has 2 N–H and O–H groups in total. The molecule has 0 atom stereocenters. The molecule has 3 heterocycles. The van der Waals surface area contributed by atoms with Crippen molar-refractivity contribution in [2.75, 3.05) is 17.2 Å². The van der Waals surface area contributed by atoms with Gasteiger partial charge in [-0.3, -0.25) is 4.79 Å². The highest BCUT2D eigenvalue weighted by molar-refractivity contribution is 7.16. The van der Waals surface area contributed by atoms with Crippen molar-refractivity contribution in [3.05, 3.63) is 41.7 Å². The lowest BCUT2D eigenvalue weighted by molar-refractivity contribution is -0.114. The van der Waals surface area contributed by atoms with Crippen LogP contribution in [-0.4, -0.2) is 27.4 Å². The average Bonchev–Trinajstić information content (AvgIpc) is 3.02. The van der Waals surface area contributed by atoms with Gasteiger partial charge < -0.3 is 10.6 Å². The third-order valence-corrected chi connectivity index (χ3v) is 3.84. The zero-order chi connectivity index (χ0) is 15.4. The number of hydrogen-bond donors (Lipinski definition) is 2. The number of nitrogens with one attached hydrogen (secondary N) is 2. The smallest absolute Gasteiger partial charge is 0.244 e. The van der Waals surface area contributed by atoms with Gasteiger partial charge in [0.15, 0.2) is 0 Å². The standard InChI is InChI=1S/C15H15N5OS/c1-2-11-19-14(10-6-8-22-15(10)20-11)17-9-13(21)18-12-5-3-4-7-16-12/h3-8H,2,9H2,1H3,(H,16,18,21)(H,17,19,20). The maximum atomic E-state index is 12.0. The van der Waals surface area contributed by atoms with Crippen LogP contribution in [0.1, 0.15) is 12.7 Å². The maximum Gasteiger partial charge on any atom is 0.244 e. The summed E-state index contributed by atoms with van der Waals surface area (Å²) < 4.78 is 0. The Morgan fingerprint density at radius 2 is 2.18 bits per heavy atom. The molecular weight excluding hydrogens is 298 g/mol. The molecule has 0 aromatic carbocycles. The van der Waals surface area contributed by atoms with E-state index in [1.54, 1.807) is 29.7 Å². The first-order valence-corrected chi connectivity index (χ1v) is 7.83. The van der Waals surface area contributed by atoms with Crippen LogP contribution in [0.25, 0.3) is 10.2 Å². The van der Waals surface area contributed by atoms with Gasteiger partial charge in [0, 0.05) is 12.6 Å². The molecule has 0 unspecified atom stereocenters. The topological polar surface area (TPSA) is 79.8 Å². The zero-order valence-corrected chi connectivity index (χ0v) is 12.9. The van der Waals surface area contributed by atoms with Crippen molar-refractivity contribution >= 4 is 39.1 Å². The number of hydrogen-bond acceptors (Lipinski definition) is 6. The molecule has 6 nitrogen and oxygen atoms in total. The Kier molecular flexibility index (Phi) is 4.24. The minimum absolute atomic E-state index is 0.127. The second-order valence-corrected chi connectivity index (χ2v) is 5.49. The summed E-state index contributed by atoms with van der Waals surface area (Å²) >= 11 is 1.57. The van der Waals surface area contributed by atoms with Crippen molar-refractivity contribution in [3.8, 4) is 0 Å². The molecule has 0 aliphatic carbocycles. The molecule has 0 bridgehead atoms. The van der Waals surface area contributed by atoms with E-state index in [1.165, 1.54) is 0 Å². The Labute approximate surface area is 131 Å². The Morgan fingerprint density at radius 3 is 2.95 bits per heavy atom. The van der Waals surface area contributed by atoms with E-state index in [2.05, 4.69) is 25.6 Å². The average molecular weight is 313 g/mol. The number of anilines is 2. The molecule has 112 valence electrons. The number of thiophene rings is 1. The van der Waals surface area contributed by atoms with E-state index in [0.29, 0.717) is 11.6 Å². The lowest BCUT2D eigenvalue weighted by atomic mass is 10.3. The van der Waals surface area contributed by atoms with Gasteiger partial charge in [-0.05, 0) is 23.6 Å². The molecule has 7 heteroatoms. The van der Waals surface area contributed by atoms with Crippen LogP contribution >= 0.6 is 11.3 Å². The van der Waals surface area contributed by atoms with E-state index >= 15 is 0 Å².